The normalized spacial score (nSPS) is 16.2. The summed E-state index contributed by atoms with van der Waals surface area (Å²) in [4.78, 5) is 24.4. The number of carboxylic acids is 1. The van der Waals surface area contributed by atoms with E-state index in [2.05, 4.69) is 20.6 Å². The number of anilines is 1. The average molecular weight is 267 g/mol. The van der Waals surface area contributed by atoms with Gasteiger partial charge in [0.2, 0.25) is 5.91 Å². The zero-order valence-electron chi connectivity index (χ0n) is 10.5. The van der Waals surface area contributed by atoms with Gasteiger partial charge in [-0.05, 0) is 0 Å². The maximum absolute atomic E-state index is 11.8. The summed E-state index contributed by atoms with van der Waals surface area (Å²) >= 11 is 0. The third-order valence-electron chi connectivity index (χ3n) is 2.79. The van der Waals surface area contributed by atoms with Gasteiger partial charge in [-0.2, -0.15) is 5.10 Å². The predicted octanol–water partition coefficient (Wildman–Crippen LogP) is -1.19. The number of nitrogens with zero attached hydrogens (tertiary/aromatic N) is 3. The maximum Gasteiger partial charge on any atom is 0.325 e. The van der Waals surface area contributed by atoms with Crippen LogP contribution in [-0.4, -0.2) is 64.4 Å². The highest BCUT2D eigenvalue weighted by Gasteiger charge is 2.14. The number of amides is 1. The molecule has 8 heteroatoms. The van der Waals surface area contributed by atoms with E-state index >= 15 is 0 Å². The molecular formula is C11H17N5O3. The Morgan fingerprint density at radius 2 is 2.11 bits per heavy atom. The van der Waals surface area contributed by atoms with E-state index in [1.807, 2.05) is 0 Å². The van der Waals surface area contributed by atoms with Crippen molar-refractivity contribution in [2.24, 2.45) is 0 Å². The first kappa shape index (κ1) is 13.5. The Labute approximate surface area is 110 Å². The van der Waals surface area contributed by atoms with Crippen molar-refractivity contribution in [2.45, 2.75) is 6.54 Å². The number of hydrogen-bond acceptors (Lipinski definition) is 5. The van der Waals surface area contributed by atoms with Crippen LogP contribution in [-0.2, 0) is 16.1 Å². The van der Waals surface area contributed by atoms with Gasteiger partial charge < -0.3 is 15.7 Å². The molecule has 0 radical (unpaired) electrons. The Balaban J connectivity index is 1.81. The number of aromatic nitrogens is 2. The summed E-state index contributed by atoms with van der Waals surface area (Å²) in [6.45, 7) is 3.62. The van der Waals surface area contributed by atoms with E-state index in [0.717, 1.165) is 26.2 Å². The van der Waals surface area contributed by atoms with Crippen LogP contribution < -0.4 is 10.6 Å². The van der Waals surface area contributed by atoms with Crippen molar-refractivity contribution in [1.82, 2.24) is 20.0 Å². The van der Waals surface area contributed by atoms with Gasteiger partial charge >= 0.3 is 5.97 Å². The highest BCUT2D eigenvalue weighted by atomic mass is 16.4. The van der Waals surface area contributed by atoms with Crippen molar-refractivity contribution >= 4 is 17.6 Å². The monoisotopic (exact) mass is 267 g/mol. The highest BCUT2D eigenvalue weighted by molar-refractivity contribution is 5.92. The minimum atomic E-state index is -0.971. The summed E-state index contributed by atoms with van der Waals surface area (Å²) in [6.07, 6.45) is 2.95. The molecule has 1 saturated heterocycles. The van der Waals surface area contributed by atoms with Crippen molar-refractivity contribution in [3.8, 4) is 0 Å². The van der Waals surface area contributed by atoms with Crippen LogP contribution >= 0.6 is 0 Å². The van der Waals surface area contributed by atoms with Crippen molar-refractivity contribution < 1.29 is 14.7 Å². The van der Waals surface area contributed by atoms with Gasteiger partial charge in [-0.3, -0.25) is 19.2 Å². The Morgan fingerprint density at radius 1 is 1.37 bits per heavy atom. The van der Waals surface area contributed by atoms with E-state index in [1.54, 1.807) is 0 Å². The lowest BCUT2D eigenvalue weighted by Crippen LogP contribution is -2.46. The molecule has 2 rings (SSSR count). The molecule has 0 atom stereocenters. The van der Waals surface area contributed by atoms with E-state index in [9.17, 15) is 9.59 Å². The second-order valence-corrected chi connectivity index (χ2v) is 4.39. The molecule has 1 aliphatic rings. The third-order valence-corrected chi connectivity index (χ3v) is 2.79. The lowest BCUT2D eigenvalue weighted by Gasteiger charge is -2.26. The van der Waals surface area contributed by atoms with Gasteiger partial charge in [0.05, 0.1) is 18.4 Å². The molecule has 0 bridgehead atoms. The van der Waals surface area contributed by atoms with E-state index in [1.165, 1.54) is 17.1 Å². The summed E-state index contributed by atoms with van der Waals surface area (Å²) in [7, 11) is 0. The number of hydrogen-bond donors (Lipinski definition) is 3. The largest absolute Gasteiger partial charge is 0.480 e. The molecule has 1 fully saturated rings. The van der Waals surface area contributed by atoms with Crippen molar-refractivity contribution in [1.29, 1.82) is 0 Å². The minimum Gasteiger partial charge on any atom is -0.480 e. The number of piperazine rings is 1. The second kappa shape index (κ2) is 6.30. The number of carbonyl (C=O) groups excluding carboxylic acids is 1. The zero-order chi connectivity index (χ0) is 13.7. The zero-order valence-corrected chi connectivity index (χ0v) is 10.5. The van der Waals surface area contributed by atoms with Crippen LogP contribution in [0.1, 0.15) is 0 Å². The second-order valence-electron chi connectivity index (χ2n) is 4.39. The third kappa shape index (κ3) is 4.34. The van der Waals surface area contributed by atoms with Gasteiger partial charge in [-0.25, -0.2) is 0 Å². The molecule has 1 aromatic rings. The summed E-state index contributed by atoms with van der Waals surface area (Å²) in [5, 5.41) is 18.4. The van der Waals surface area contributed by atoms with Gasteiger partial charge in [-0.1, -0.05) is 0 Å². The fourth-order valence-electron chi connectivity index (χ4n) is 1.93. The van der Waals surface area contributed by atoms with Gasteiger partial charge in [0.1, 0.15) is 6.54 Å². The number of nitrogens with one attached hydrogen (secondary N) is 2. The number of carboxylic acid groups (broad SMARTS) is 1. The van der Waals surface area contributed by atoms with Crippen LogP contribution in [0, 0.1) is 0 Å². The Morgan fingerprint density at radius 3 is 2.79 bits per heavy atom. The smallest absolute Gasteiger partial charge is 0.325 e. The minimum absolute atomic E-state index is 0.114. The fraction of sp³-hybridized carbons (Fsp3) is 0.545. The molecular weight excluding hydrogens is 250 g/mol. The molecule has 3 N–H and O–H groups in total. The Hall–Kier alpha value is -1.93. The summed E-state index contributed by atoms with van der Waals surface area (Å²) in [5.41, 5.74) is 0.515. The lowest BCUT2D eigenvalue weighted by atomic mass is 10.3. The van der Waals surface area contributed by atoms with E-state index in [0.29, 0.717) is 12.2 Å². The van der Waals surface area contributed by atoms with Crippen LogP contribution in [0.2, 0.25) is 0 Å². The molecule has 0 aliphatic carbocycles. The molecule has 19 heavy (non-hydrogen) atoms. The van der Waals surface area contributed by atoms with Crippen molar-refractivity contribution in [3.63, 3.8) is 0 Å². The van der Waals surface area contributed by atoms with Gasteiger partial charge in [-0.15, -0.1) is 0 Å². The topological polar surface area (TPSA) is 99.5 Å². The molecule has 0 aromatic carbocycles. The van der Waals surface area contributed by atoms with Gasteiger partial charge in [0.25, 0.3) is 0 Å². The van der Waals surface area contributed by atoms with E-state index in [4.69, 9.17) is 5.11 Å². The van der Waals surface area contributed by atoms with Crippen LogP contribution in [0.3, 0.4) is 0 Å². The van der Waals surface area contributed by atoms with Gasteiger partial charge in [0, 0.05) is 32.4 Å². The Kier molecular flexibility index (Phi) is 4.48. The van der Waals surface area contributed by atoms with Crippen LogP contribution in [0.25, 0.3) is 0 Å². The standard InChI is InChI=1S/C11H17N5O3/c17-10(7-15-3-1-12-2-4-15)14-9-5-13-16(6-9)8-11(18)19/h5-6,12H,1-4,7-8H2,(H,14,17)(H,18,19). The number of rotatable bonds is 5. The van der Waals surface area contributed by atoms with Crippen LogP contribution in [0.5, 0.6) is 0 Å². The quantitative estimate of drug-likeness (QED) is 0.620. The molecule has 0 saturated carbocycles. The summed E-state index contributed by atoms with van der Waals surface area (Å²) in [6, 6.07) is 0. The molecule has 0 spiro atoms. The molecule has 104 valence electrons. The first-order valence-electron chi connectivity index (χ1n) is 6.10. The fourth-order valence-corrected chi connectivity index (χ4v) is 1.93. The molecule has 8 nitrogen and oxygen atoms in total. The van der Waals surface area contributed by atoms with Crippen molar-refractivity contribution in [2.75, 3.05) is 38.0 Å². The molecule has 0 unspecified atom stereocenters. The highest BCUT2D eigenvalue weighted by Crippen LogP contribution is 2.05. The number of aliphatic carboxylic acids is 1. The van der Waals surface area contributed by atoms with Crippen LogP contribution in [0.15, 0.2) is 12.4 Å². The molecule has 1 aliphatic heterocycles. The SMILES string of the molecule is O=C(O)Cn1cc(NC(=O)CN2CCNCC2)cn1. The summed E-state index contributed by atoms with van der Waals surface area (Å²) < 4.78 is 1.27. The lowest BCUT2D eigenvalue weighted by molar-refractivity contribution is -0.137. The molecule has 1 aromatic heterocycles. The molecule has 1 amide bonds. The number of carbonyl (C=O) groups is 2. The Bertz CT molecular complexity index is 453. The van der Waals surface area contributed by atoms with Crippen LogP contribution in [0.4, 0.5) is 5.69 Å². The van der Waals surface area contributed by atoms with Crippen molar-refractivity contribution in [3.05, 3.63) is 12.4 Å². The average Bonchev–Trinajstić information content (AvgIpc) is 2.76. The first-order chi connectivity index (χ1) is 9.13. The summed E-state index contributed by atoms with van der Waals surface area (Å²) in [5.74, 6) is -1.08. The maximum atomic E-state index is 11.8. The predicted molar refractivity (Wildman–Crippen MR) is 67.8 cm³/mol. The van der Waals surface area contributed by atoms with Gasteiger partial charge in [0.15, 0.2) is 0 Å². The van der Waals surface area contributed by atoms with E-state index < -0.39 is 5.97 Å². The van der Waals surface area contributed by atoms with E-state index in [-0.39, 0.29) is 12.5 Å². The molecule has 2 heterocycles. The first-order valence-corrected chi connectivity index (χ1v) is 6.10.